The number of rotatable bonds is 12. The predicted molar refractivity (Wildman–Crippen MR) is 402 cm³/mol. The van der Waals surface area contributed by atoms with E-state index in [1.165, 1.54) is 71.5 Å². The molecule has 8 aromatic rings. The molecule has 0 bridgehead atoms. The highest BCUT2D eigenvalue weighted by Gasteiger charge is 2.46. The van der Waals surface area contributed by atoms with E-state index in [1.807, 2.05) is 18.2 Å². The van der Waals surface area contributed by atoms with E-state index < -0.39 is 23.8 Å². The van der Waals surface area contributed by atoms with Crippen molar-refractivity contribution < 1.29 is 42.6 Å². The molecule has 8 aromatic carbocycles. The van der Waals surface area contributed by atoms with Gasteiger partial charge in [0.25, 0.3) is 0 Å². The molecule has 0 amide bonds. The van der Waals surface area contributed by atoms with Crippen LogP contribution in [0, 0.1) is 61.3 Å². The van der Waals surface area contributed by atoms with Crippen molar-refractivity contribution in [2.75, 3.05) is 42.7 Å². The third-order valence-corrected chi connectivity index (χ3v) is 28.5. The summed E-state index contributed by atoms with van der Waals surface area (Å²) in [5.74, 6) is 9.21. The normalized spacial score (nSPS) is 17.9. The number of methoxy groups -OCH3 is 6. The van der Waals surface area contributed by atoms with Crippen molar-refractivity contribution in [1.82, 2.24) is 0 Å². The Bertz CT molecular complexity index is 4100. The van der Waals surface area contributed by atoms with Crippen LogP contribution in [0.5, 0.6) is 51.7 Å². The van der Waals surface area contributed by atoms with Gasteiger partial charge in [0, 0.05) is 44.2 Å². The lowest BCUT2D eigenvalue weighted by Crippen LogP contribution is -2.28. The fourth-order valence-corrected chi connectivity index (χ4v) is 24.0. The second-order valence-corrected chi connectivity index (χ2v) is 38.2. The molecule has 0 saturated carbocycles. The summed E-state index contributed by atoms with van der Waals surface area (Å²) in [6.07, 6.45) is 0. The van der Waals surface area contributed by atoms with Crippen molar-refractivity contribution in [1.29, 1.82) is 0 Å². The zero-order valence-electron chi connectivity index (χ0n) is 61.2. The van der Waals surface area contributed by atoms with E-state index in [4.69, 9.17) is 42.6 Å². The minimum atomic E-state index is -0.632. The number of fused-ring (bicyclic) bond motifs is 3. The van der Waals surface area contributed by atoms with Crippen LogP contribution in [0.2, 0.25) is 0 Å². The van der Waals surface area contributed by atoms with E-state index in [0.717, 1.165) is 84.8 Å². The molecule has 0 aliphatic carbocycles. The van der Waals surface area contributed by atoms with Crippen molar-refractivity contribution in [3.8, 4) is 107 Å². The van der Waals surface area contributed by atoms with Gasteiger partial charge in [-0.2, -0.15) is 0 Å². The lowest BCUT2D eigenvalue weighted by Gasteiger charge is -2.34. The molecule has 0 unspecified atom stereocenters. The quantitative estimate of drug-likeness (QED) is 0.111. The van der Waals surface area contributed by atoms with E-state index in [9.17, 15) is 0 Å². The zero-order chi connectivity index (χ0) is 69.0. The molecule has 9 nitrogen and oxygen atoms in total. The van der Waals surface area contributed by atoms with Crippen LogP contribution in [0.1, 0.15) is 135 Å². The zero-order valence-corrected chi connectivity index (χ0v) is 63.9. The molecule has 3 aliphatic heterocycles. The Kier molecular flexibility index (Phi) is 21.4. The van der Waals surface area contributed by atoms with E-state index in [-0.39, 0.29) is 33.0 Å². The first-order valence-electron chi connectivity index (χ1n) is 32.9. The van der Waals surface area contributed by atoms with Crippen molar-refractivity contribution >= 4 is 39.7 Å². The van der Waals surface area contributed by atoms with E-state index in [1.54, 1.807) is 42.7 Å². The summed E-state index contributed by atoms with van der Waals surface area (Å²) in [5, 5.41) is 4.51. The number of ether oxygens (including phenoxy) is 9. The van der Waals surface area contributed by atoms with Crippen LogP contribution in [0.3, 0.4) is 0 Å². The molecule has 6 atom stereocenters. The third kappa shape index (κ3) is 13.8. The number of benzene rings is 8. The summed E-state index contributed by atoms with van der Waals surface area (Å²) in [4.78, 5) is 0. The van der Waals surface area contributed by atoms with Gasteiger partial charge >= 0.3 is 0 Å². The topological polar surface area (TPSA) is 83.1 Å². The molecule has 3 aliphatic rings. The minimum Gasteiger partial charge on any atom is -0.497 e. The molecule has 0 N–H and O–H groups in total. The molecule has 0 saturated heterocycles. The fourth-order valence-electron chi connectivity index (χ4n) is 14.4. The molecule has 94 heavy (non-hydrogen) atoms. The fraction of sp³-hybridized carbons (Fsp3) is 0.415. The highest BCUT2D eigenvalue weighted by Crippen LogP contribution is 2.64. The molecule has 3 heterocycles. The largest absolute Gasteiger partial charge is 0.497 e. The smallest absolute Gasteiger partial charge is 0.134 e. The SMILES string of the molecule is COc1c(C)cc(C)c(C)c1-c1cccc2c1[P@](C(C)(C)C)[C@@H](C(C)C)O2.COc1c(C)cc(C)c(C)c1-c1cccc2c1[P@](C(C)(C)C)[C@@H](C)O2.COc1cc(C)cc(-c2cc(-c3cc(OC)cc(OC)c3)c(OC)c(-c3cccc4c3[P@](C(C)(C)C)[C@@H](C)O4)c2C)c1. The van der Waals surface area contributed by atoms with Crippen LogP contribution in [-0.4, -0.2) is 75.7 Å². The first-order chi connectivity index (χ1) is 44.2. The molecule has 0 radical (unpaired) electrons. The van der Waals surface area contributed by atoms with Crippen molar-refractivity contribution in [3.05, 3.63) is 154 Å². The van der Waals surface area contributed by atoms with Gasteiger partial charge in [0.1, 0.15) is 69.3 Å². The Labute approximate surface area is 567 Å². The van der Waals surface area contributed by atoms with Gasteiger partial charge in [-0.3, -0.25) is 0 Å². The van der Waals surface area contributed by atoms with Crippen molar-refractivity contribution in [3.63, 3.8) is 0 Å². The summed E-state index contributed by atoms with van der Waals surface area (Å²) in [6, 6.07) is 38.4. The molecule has 0 spiro atoms. The lowest BCUT2D eigenvalue weighted by molar-refractivity contribution is 0.240. The number of hydrogen-bond acceptors (Lipinski definition) is 9. The van der Waals surface area contributed by atoms with Crippen LogP contribution in [0.15, 0.2) is 109 Å². The van der Waals surface area contributed by atoms with Crippen molar-refractivity contribution in [2.24, 2.45) is 5.92 Å². The standard InChI is InChI=1S/C36H41O5P.C24H33O2P.C22H29O2P/c1-21-14-24(16-26(15-21)37-7)30-20-31(25-17-27(38-8)19-28(18-25)39-9)34(40-10)33(22(30)2)29-12-11-13-32-35(29)42(23(3)41-32)36(4,5)6;1-14(2)23-26-19-12-10-11-18(22(19)27(23)24(6,7)8)20-17(5)15(3)13-16(4)21(20)25-9;1-13-12-14(2)20(23-8)19(15(13)3)17-10-9-11-18-21(17)25(16(4)24-18)22(5,6)7/h11-20,23H,1-10H3;10-14,23H,1-9H3;9-12,16H,1-8H3/t23-,42+;23-,27-;16-,25+/m000/s1. The third-order valence-electron chi connectivity index (χ3n) is 18.5. The lowest BCUT2D eigenvalue weighted by atomic mass is 9.86. The van der Waals surface area contributed by atoms with E-state index >= 15 is 0 Å². The molecule has 11 rings (SSSR count). The Balaban J connectivity index is 0.000000174. The summed E-state index contributed by atoms with van der Waals surface area (Å²) in [6.45, 7) is 47.3. The highest BCUT2D eigenvalue weighted by molar-refractivity contribution is 7.69. The van der Waals surface area contributed by atoms with Gasteiger partial charge in [0.2, 0.25) is 0 Å². The molecular formula is C82H103O9P3. The summed E-state index contributed by atoms with van der Waals surface area (Å²) < 4.78 is 54.4. The first kappa shape index (κ1) is 71.5. The molecule has 500 valence electrons. The van der Waals surface area contributed by atoms with E-state index in [2.05, 4.69) is 236 Å². The van der Waals surface area contributed by atoms with Crippen LogP contribution in [-0.2, 0) is 0 Å². The van der Waals surface area contributed by atoms with Crippen LogP contribution < -0.4 is 58.5 Å². The average Bonchev–Trinajstić information content (AvgIpc) is 1.45. The molecule has 0 aromatic heterocycles. The molecular weight excluding hydrogens is 1220 g/mol. The van der Waals surface area contributed by atoms with Crippen LogP contribution in [0.25, 0.3) is 55.6 Å². The minimum absolute atomic E-state index is 0.0573. The van der Waals surface area contributed by atoms with Crippen LogP contribution >= 0.6 is 23.8 Å². The van der Waals surface area contributed by atoms with Gasteiger partial charge in [-0.05, 0) is 241 Å². The number of hydrogen-bond donors (Lipinski definition) is 0. The van der Waals surface area contributed by atoms with Crippen LogP contribution in [0.4, 0.5) is 0 Å². The Morgan fingerprint density at radius 1 is 0.362 bits per heavy atom. The molecule has 0 fully saturated rings. The van der Waals surface area contributed by atoms with Gasteiger partial charge in [0.15, 0.2) is 0 Å². The van der Waals surface area contributed by atoms with Gasteiger partial charge in [-0.25, -0.2) is 0 Å². The maximum Gasteiger partial charge on any atom is 0.134 e. The average molecular weight is 1330 g/mol. The Morgan fingerprint density at radius 3 is 1.10 bits per heavy atom. The van der Waals surface area contributed by atoms with Gasteiger partial charge in [-0.15, -0.1) is 0 Å². The number of aryl methyl sites for hydroxylation is 5. The van der Waals surface area contributed by atoms with Gasteiger partial charge in [-0.1, -0.05) is 131 Å². The maximum atomic E-state index is 6.53. The Hall–Kier alpha value is -6.75. The second kappa shape index (κ2) is 28.1. The Morgan fingerprint density at radius 2 is 0.723 bits per heavy atom. The molecule has 12 heteroatoms. The predicted octanol–water partition coefficient (Wildman–Crippen LogP) is 21.5. The van der Waals surface area contributed by atoms with Gasteiger partial charge in [0.05, 0.1) is 42.7 Å². The van der Waals surface area contributed by atoms with Gasteiger partial charge < -0.3 is 42.6 Å². The van der Waals surface area contributed by atoms with Crippen molar-refractivity contribution in [2.45, 2.75) is 178 Å². The van der Waals surface area contributed by atoms with E-state index in [0.29, 0.717) is 17.4 Å². The highest BCUT2D eigenvalue weighted by atomic mass is 31.1. The maximum absolute atomic E-state index is 6.53. The summed E-state index contributed by atoms with van der Waals surface area (Å²) >= 11 is 0. The first-order valence-corrected chi connectivity index (χ1v) is 37.2. The summed E-state index contributed by atoms with van der Waals surface area (Å²) in [7, 11) is 8.82. The second-order valence-electron chi connectivity index (χ2n) is 28.7. The summed E-state index contributed by atoms with van der Waals surface area (Å²) in [5.41, 5.74) is 21.2. The monoisotopic (exact) mass is 1320 g/mol.